The monoisotopic (exact) mass is 565 g/mol. The van der Waals surface area contributed by atoms with Crippen LogP contribution in [0.15, 0.2) is 91.0 Å². The lowest BCUT2D eigenvalue weighted by molar-refractivity contribution is -0.139. The summed E-state index contributed by atoms with van der Waals surface area (Å²) in [6.45, 7) is 9.15. The maximum Gasteiger partial charge on any atom is 0.408 e. The first-order valence-corrected chi connectivity index (χ1v) is 14.1. The average Bonchev–Trinajstić information content (AvgIpc) is 2.93. The van der Waals surface area contributed by atoms with Crippen molar-refractivity contribution in [2.24, 2.45) is 0 Å². The summed E-state index contributed by atoms with van der Waals surface area (Å²) in [7, 11) is 1.60. The molecule has 0 radical (unpaired) electrons. The Morgan fingerprint density at radius 3 is 2.07 bits per heavy atom. The van der Waals surface area contributed by atoms with Gasteiger partial charge in [-0.05, 0) is 79.8 Å². The van der Waals surface area contributed by atoms with Crippen molar-refractivity contribution in [2.45, 2.75) is 58.7 Å². The van der Waals surface area contributed by atoms with Crippen LogP contribution in [0.3, 0.4) is 0 Å². The summed E-state index contributed by atoms with van der Waals surface area (Å²) in [5.41, 5.74) is 3.26. The number of hydrogen-bond acceptors (Lipinski definition) is 4. The number of anilines is 1. The van der Waals surface area contributed by atoms with Crippen LogP contribution in [0, 0.1) is 13.8 Å². The molecule has 0 aliphatic heterocycles. The Morgan fingerprint density at radius 2 is 1.43 bits per heavy atom. The Hall–Kier alpha value is -4.65. The van der Waals surface area contributed by atoms with E-state index in [-0.39, 0.29) is 12.3 Å². The molecule has 2 atom stereocenters. The van der Waals surface area contributed by atoms with Crippen molar-refractivity contribution in [1.82, 2.24) is 10.2 Å². The molecule has 7 heteroatoms. The molecular weight excluding hydrogens is 526 g/mol. The van der Waals surface area contributed by atoms with Gasteiger partial charge in [-0.25, -0.2) is 4.79 Å². The van der Waals surface area contributed by atoms with Crippen LogP contribution in [0.25, 0.3) is 10.8 Å². The number of rotatable bonds is 8. The van der Waals surface area contributed by atoms with E-state index in [9.17, 15) is 14.4 Å². The van der Waals surface area contributed by atoms with Gasteiger partial charge in [0.05, 0.1) is 0 Å². The molecule has 7 nitrogen and oxygen atoms in total. The van der Waals surface area contributed by atoms with Crippen LogP contribution in [0.4, 0.5) is 10.5 Å². The predicted molar refractivity (Wildman–Crippen MR) is 167 cm³/mol. The SMILES string of the molecule is Cc1cccc(C)c1C(C(=O)Nc1ccc2ccccc2c1)N(C)C(=O)C(Cc1ccccc1)NC(=O)OC(C)(C)C. The van der Waals surface area contributed by atoms with Crippen LogP contribution in [-0.4, -0.2) is 41.5 Å². The van der Waals surface area contributed by atoms with Gasteiger partial charge in [0.25, 0.3) is 5.91 Å². The molecule has 4 aromatic rings. The van der Waals surface area contributed by atoms with Gasteiger partial charge in [-0.3, -0.25) is 9.59 Å². The molecular formula is C35H39N3O4. The van der Waals surface area contributed by atoms with E-state index in [1.54, 1.807) is 27.8 Å². The second-order valence-corrected chi connectivity index (χ2v) is 11.6. The van der Waals surface area contributed by atoms with Crippen LogP contribution in [-0.2, 0) is 20.7 Å². The lowest BCUT2D eigenvalue weighted by atomic mass is 9.93. The van der Waals surface area contributed by atoms with Crippen molar-refractivity contribution in [2.75, 3.05) is 12.4 Å². The highest BCUT2D eigenvalue weighted by atomic mass is 16.6. The van der Waals surface area contributed by atoms with Crippen LogP contribution in [0.2, 0.25) is 0 Å². The van der Waals surface area contributed by atoms with E-state index in [2.05, 4.69) is 10.6 Å². The van der Waals surface area contributed by atoms with E-state index >= 15 is 0 Å². The second-order valence-electron chi connectivity index (χ2n) is 11.6. The first-order valence-electron chi connectivity index (χ1n) is 14.1. The highest BCUT2D eigenvalue weighted by Gasteiger charge is 2.35. The third-order valence-electron chi connectivity index (χ3n) is 7.09. The first-order chi connectivity index (χ1) is 19.9. The average molecular weight is 566 g/mol. The van der Waals surface area contributed by atoms with Gasteiger partial charge >= 0.3 is 6.09 Å². The Labute approximate surface area is 247 Å². The molecule has 0 fully saturated rings. The van der Waals surface area contributed by atoms with Crippen LogP contribution in [0.5, 0.6) is 0 Å². The molecule has 42 heavy (non-hydrogen) atoms. The molecule has 0 aliphatic rings. The molecule has 0 bridgehead atoms. The molecule has 2 unspecified atom stereocenters. The zero-order valence-electron chi connectivity index (χ0n) is 25.1. The zero-order valence-corrected chi connectivity index (χ0v) is 25.1. The number of benzene rings is 4. The van der Waals surface area contributed by atoms with E-state index in [0.29, 0.717) is 5.69 Å². The summed E-state index contributed by atoms with van der Waals surface area (Å²) in [5, 5.41) is 7.86. The molecule has 0 spiro atoms. The summed E-state index contributed by atoms with van der Waals surface area (Å²) >= 11 is 0. The standard InChI is InChI=1S/C35H39N3O4/c1-23-13-12-14-24(2)30(23)31(32(39)36-28-20-19-26-17-10-11-18-27(26)22-28)38(6)33(40)29(21-25-15-8-7-9-16-25)37-34(41)42-35(3,4)5/h7-20,22,29,31H,21H2,1-6H3,(H,36,39)(H,37,41). The molecule has 0 saturated heterocycles. The third-order valence-corrected chi connectivity index (χ3v) is 7.09. The van der Waals surface area contributed by atoms with Crippen molar-refractivity contribution < 1.29 is 19.1 Å². The van der Waals surface area contributed by atoms with Gasteiger partial charge in [0.15, 0.2) is 0 Å². The minimum absolute atomic E-state index is 0.231. The fraction of sp³-hybridized carbons (Fsp3) is 0.286. The van der Waals surface area contributed by atoms with Gasteiger partial charge in [0.1, 0.15) is 17.7 Å². The smallest absolute Gasteiger partial charge is 0.408 e. The number of fused-ring (bicyclic) bond motifs is 1. The normalized spacial score (nSPS) is 12.7. The van der Waals surface area contributed by atoms with Gasteiger partial charge in [-0.1, -0.05) is 78.9 Å². The Bertz CT molecular complexity index is 1560. The number of aryl methyl sites for hydroxylation is 2. The molecule has 0 heterocycles. The Kier molecular flexibility index (Phi) is 9.31. The first kappa shape index (κ1) is 30.3. The topological polar surface area (TPSA) is 87.7 Å². The summed E-state index contributed by atoms with van der Waals surface area (Å²) in [6.07, 6.45) is -0.468. The van der Waals surface area contributed by atoms with E-state index in [1.807, 2.05) is 105 Å². The summed E-state index contributed by atoms with van der Waals surface area (Å²) in [4.78, 5) is 42.5. The molecule has 0 saturated carbocycles. The third kappa shape index (κ3) is 7.55. The quantitative estimate of drug-likeness (QED) is 0.248. The van der Waals surface area contributed by atoms with E-state index in [4.69, 9.17) is 4.74 Å². The lowest BCUT2D eigenvalue weighted by Crippen LogP contribution is -2.52. The number of carbonyl (C=O) groups excluding carboxylic acids is 3. The number of alkyl carbamates (subject to hydrolysis) is 1. The fourth-order valence-corrected chi connectivity index (χ4v) is 5.11. The molecule has 3 amide bonds. The molecule has 2 N–H and O–H groups in total. The van der Waals surface area contributed by atoms with Gasteiger partial charge in [-0.15, -0.1) is 0 Å². The number of ether oxygens (including phenoxy) is 1. The van der Waals surface area contributed by atoms with Gasteiger partial charge < -0.3 is 20.3 Å². The number of nitrogens with one attached hydrogen (secondary N) is 2. The molecule has 0 aromatic heterocycles. The highest BCUT2D eigenvalue weighted by molar-refractivity contribution is 6.00. The minimum Gasteiger partial charge on any atom is -0.444 e. The number of carbonyl (C=O) groups is 3. The lowest BCUT2D eigenvalue weighted by Gasteiger charge is -2.33. The van der Waals surface area contributed by atoms with Gasteiger partial charge in [0, 0.05) is 19.2 Å². The largest absolute Gasteiger partial charge is 0.444 e. The van der Waals surface area contributed by atoms with E-state index in [1.165, 1.54) is 4.90 Å². The fourth-order valence-electron chi connectivity index (χ4n) is 5.11. The zero-order chi connectivity index (χ0) is 30.4. The predicted octanol–water partition coefficient (Wildman–Crippen LogP) is 6.73. The number of likely N-dealkylation sites (N-methyl/N-ethyl adjacent to an activating group) is 1. The highest BCUT2D eigenvalue weighted by Crippen LogP contribution is 2.29. The number of hydrogen-bond donors (Lipinski definition) is 2. The summed E-state index contributed by atoms with van der Waals surface area (Å²) in [5.74, 6) is -0.764. The van der Waals surface area contributed by atoms with E-state index < -0.39 is 29.7 Å². The van der Waals surface area contributed by atoms with Crippen LogP contribution in [0.1, 0.15) is 49.1 Å². The van der Waals surface area contributed by atoms with Crippen molar-refractivity contribution in [3.63, 3.8) is 0 Å². The van der Waals surface area contributed by atoms with Gasteiger partial charge in [0.2, 0.25) is 5.91 Å². The molecule has 0 aliphatic carbocycles. The molecule has 4 rings (SSSR count). The van der Waals surface area contributed by atoms with Crippen molar-refractivity contribution in [3.8, 4) is 0 Å². The minimum atomic E-state index is -0.965. The van der Waals surface area contributed by atoms with E-state index in [0.717, 1.165) is 33.0 Å². The number of amides is 3. The molecule has 4 aromatic carbocycles. The number of nitrogens with zero attached hydrogens (tertiary/aromatic N) is 1. The maximum absolute atomic E-state index is 14.2. The van der Waals surface area contributed by atoms with Crippen molar-refractivity contribution in [1.29, 1.82) is 0 Å². The summed E-state index contributed by atoms with van der Waals surface area (Å²) < 4.78 is 5.48. The van der Waals surface area contributed by atoms with Crippen molar-refractivity contribution in [3.05, 3.63) is 113 Å². The van der Waals surface area contributed by atoms with Gasteiger partial charge in [-0.2, -0.15) is 0 Å². The van der Waals surface area contributed by atoms with Crippen LogP contribution >= 0.6 is 0 Å². The summed E-state index contributed by atoms with van der Waals surface area (Å²) in [6, 6.07) is 26.9. The second kappa shape index (κ2) is 12.9. The van der Waals surface area contributed by atoms with Crippen LogP contribution < -0.4 is 10.6 Å². The maximum atomic E-state index is 14.2. The molecule has 218 valence electrons. The van der Waals surface area contributed by atoms with Crippen molar-refractivity contribution >= 4 is 34.4 Å². The Balaban J connectivity index is 1.69. The Morgan fingerprint density at radius 1 is 0.810 bits per heavy atom.